The van der Waals surface area contributed by atoms with Crippen molar-refractivity contribution in [3.63, 3.8) is 0 Å². The van der Waals surface area contributed by atoms with E-state index in [1.54, 1.807) is 11.8 Å². The third-order valence-corrected chi connectivity index (χ3v) is 6.72. The molecule has 5 heteroatoms. The van der Waals surface area contributed by atoms with Gasteiger partial charge in [0.25, 0.3) is 0 Å². The fourth-order valence-electron chi connectivity index (χ4n) is 3.48. The van der Waals surface area contributed by atoms with Gasteiger partial charge in [0, 0.05) is 29.6 Å². The molecule has 28 heavy (non-hydrogen) atoms. The van der Waals surface area contributed by atoms with Crippen LogP contribution in [-0.4, -0.2) is 24.7 Å². The lowest BCUT2D eigenvalue weighted by Crippen LogP contribution is -2.32. The van der Waals surface area contributed by atoms with Gasteiger partial charge in [0.05, 0.1) is 11.8 Å². The van der Waals surface area contributed by atoms with Crippen LogP contribution in [0.1, 0.15) is 43.9 Å². The zero-order chi connectivity index (χ0) is 19.9. The summed E-state index contributed by atoms with van der Waals surface area (Å²) >= 11 is 7.75. The summed E-state index contributed by atoms with van der Waals surface area (Å²) in [6.45, 7) is 6.64. The first kappa shape index (κ1) is 21.1. The summed E-state index contributed by atoms with van der Waals surface area (Å²) in [7, 11) is 0. The summed E-state index contributed by atoms with van der Waals surface area (Å²) in [5.41, 5.74) is 3.49. The number of piperidine rings is 1. The van der Waals surface area contributed by atoms with E-state index in [1.807, 2.05) is 31.2 Å². The predicted molar refractivity (Wildman–Crippen MR) is 121 cm³/mol. The van der Waals surface area contributed by atoms with Crippen LogP contribution in [0.2, 0.25) is 5.02 Å². The monoisotopic (exact) mass is 416 g/mol. The van der Waals surface area contributed by atoms with Gasteiger partial charge in [0.15, 0.2) is 0 Å². The Morgan fingerprint density at radius 3 is 2.54 bits per heavy atom. The zero-order valence-electron chi connectivity index (χ0n) is 16.7. The molecule has 2 aromatic rings. The van der Waals surface area contributed by atoms with Crippen molar-refractivity contribution in [1.82, 2.24) is 5.32 Å². The van der Waals surface area contributed by atoms with Crippen molar-refractivity contribution >= 4 is 35.0 Å². The Balaban J connectivity index is 1.45. The molecule has 0 saturated carbocycles. The first-order valence-corrected chi connectivity index (χ1v) is 11.5. The third-order valence-electron chi connectivity index (χ3n) is 5.37. The summed E-state index contributed by atoms with van der Waals surface area (Å²) in [5.74, 6) is 2.06. The average molecular weight is 417 g/mol. The summed E-state index contributed by atoms with van der Waals surface area (Å²) in [5, 5.41) is 3.85. The highest BCUT2D eigenvalue weighted by Crippen LogP contribution is 2.25. The molecule has 0 aromatic heterocycles. The first-order valence-electron chi connectivity index (χ1n) is 9.98. The zero-order valence-corrected chi connectivity index (χ0v) is 18.2. The predicted octanol–water partition coefficient (Wildman–Crippen LogP) is 5.69. The van der Waals surface area contributed by atoms with Crippen LogP contribution in [0.5, 0.6) is 0 Å². The van der Waals surface area contributed by atoms with E-state index in [2.05, 4.69) is 41.4 Å². The molecule has 0 spiro atoms. The van der Waals surface area contributed by atoms with Crippen LogP contribution in [-0.2, 0) is 10.5 Å². The van der Waals surface area contributed by atoms with Crippen LogP contribution < -0.4 is 10.2 Å². The Bertz CT molecular complexity index is 772. The second-order valence-corrected chi connectivity index (χ2v) is 9.03. The smallest absolute Gasteiger partial charge is 0.230 e. The van der Waals surface area contributed by atoms with Gasteiger partial charge in [-0.1, -0.05) is 48.9 Å². The number of hydrogen-bond donors (Lipinski definition) is 1. The molecule has 1 saturated heterocycles. The third kappa shape index (κ3) is 5.92. The fraction of sp³-hybridized carbons (Fsp3) is 0.435. The number of carbonyl (C=O) groups is 1. The van der Waals surface area contributed by atoms with Crippen LogP contribution in [0.15, 0.2) is 48.5 Å². The normalized spacial score (nSPS) is 16.0. The van der Waals surface area contributed by atoms with Crippen LogP contribution in [0.25, 0.3) is 0 Å². The van der Waals surface area contributed by atoms with E-state index in [4.69, 9.17) is 11.6 Å². The molecule has 1 aliphatic rings. The number of benzene rings is 2. The second-order valence-electron chi connectivity index (χ2n) is 7.63. The van der Waals surface area contributed by atoms with E-state index in [1.165, 1.54) is 18.5 Å². The number of amides is 1. The highest BCUT2D eigenvalue weighted by molar-refractivity contribution is 7.99. The molecule has 1 atom stereocenters. The highest BCUT2D eigenvalue weighted by Gasteiger charge is 2.16. The SMILES string of the molecule is CC1CCN(c2ccc([C@@H](C)NC(=O)CSCc3ccccc3Cl)cc2)CC1. The lowest BCUT2D eigenvalue weighted by Gasteiger charge is -2.32. The number of nitrogens with zero attached hydrogens (tertiary/aromatic N) is 1. The van der Waals surface area contributed by atoms with Gasteiger partial charge >= 0.3 is 0 Å². The lowest BCUT2D eigenvalue weighted by atomic mass is 9.98. The summed E-state index contributed by atoms with van der Waals surface area (Å²) in [4.78, 5) is 14.7. The van der Waals surface area contributed by atoms with Crippen molar-refractivity contribution < 1.29 is 4.79 Å². The minimum atomic E-state index is 0.00356. The van der Waals surface area contributed by atoms with E-state index >= 15 is 0 Å². The van der Waals surface area contributed by atoms with Crippen molar-refractivity contribution in [3.8, 4) is 0 Å². The largest absolute Gasteiger partial charge is 0.372 e. The Hall–Kier alpha value is -1.65. The summed E-state index contributed by atoms with van der Waals surface area (Å²) < 4.78 is 0. The topological polar surface area (TPSA) is 32.3 Å². The highest BCUT2D eigenvalue weighted by atomic mass is 35.5. The number of nitrogens with one attached hydrogen (secondary N) is 1. The maximum Gasteiger partial charge on any atom is 0.230 e. The minimum absolute atomic E-state index is 0.00356. The molecule has 0 aliphatic carbocycles. The van der Waals surface area contributed by atoms with Gasteiger partial charge in [0.2, 0.25) is 5.91 Å². The number of hydrogen-bond acceptors (Lipinski definition) is 3. The molecule has 3 nitrogen and oxygen atoms in total. The summed E-state index contributed by atoms with van der Waals surface area (Å²) in [6.07, 6.45) is 2.53. The molecule has 3 rings (SSSR count). The van der Waals surface area contributed by atoms with E-state index in [0.717, 1.165) is 40.9 Å². The van der Waals surface area contributed by atoms with Crippen molar-refractivity contribution in [2.45, 2.75) is 38.5 Å². The Morgan fingerprint density at radius 2 is 1.86 bits per heavy atom. The van der Waals surface area contributed by atoms with Gasteiger partial charge in [-0.15, -0.1) is 11.8 Å². The molecule has 1 fully saturated rings. The van der Waals surface area contributed by atoms with E-state index in [9.17, 15) is 4.79 Å². The number of carbonyl (C=O) groups excluding carboxylic acids is 1. The Morgan fingerprint density at radius 1 is 1.18 bits per heavy atom. The maximum atomic E-state index is 12.3. The van der Waals surface area contributed by atoms with Crippen LogP contribution in [0, 0.1) is 5.92 Å². The molecule has 0 radical (unpaired) electrons. The van der Waals surface area contributed by atoms with E-state index in [-0.39, 0.29) is 11.9 Å². The molecule has 150 valence electrons. The average Bonchev–Trinajstić information content (AvgIpc) is 2.70. The minimum Gasteiger partial charge on any atom is -0.372 e. The quantitative estimate of drug-likeness (QED) is 0.629. The van der Waals surface area contributed by atoms with Gasteiger partial charge in [-0.2, -0.15) is 0 Å². The van der Waals surface area contributed by atoms with Crippen LogP contribution in [0.4, 0.5) is 5.69 Å². The standard InChI is InChI=1S/C23H29ClN2OS/c1-17-11-13-26(14-12-17)21-9-7-19(8-10-21)18(2)25-23(27)16-28-15-20-5-3-4-6-22(20)24/h3-10,17-18H,11-16H2,1-2H3,(H,25,27)/t18-/m1/s1. The second kappa shape index (κ2) is 10.2. The Labute approximate surface area is 177 Å². The summed E-state index contributed by atoms with van der Waals surface area (Å²) in [6, 6.07) is 16.4. The van der Waals surface area contributed by atoms with E-state index in [0.29, 0.717) is 5.75 Å². The number of thioether (sulfide) groups is 1. The molecular weight excluding hydrogens is 388 g/mol. The van der Waals surface area contributed by atoms with Gasteiger partial charge in [-0.3, -0.25) is 4.79 Å². The number of rotatable bonds is 7. The van der Waals surface area contributed by atoms with Gasteiger partial charge < -0.3 is 10.2 Å². The molecule has 1 amide bonds. The molecule has 0 bridgehead atoms. The Kier molecular flexibility index (Phi) is 7.69. The fourth-order valence-corrected chi connectivity index (χ4v) is 4.60. The molecular formula is C23H29ClN2OS. The number of anilines is 1. The van der Waals surface area contributed by atoms with Crippen molar-refractivity contribution in [1.29, 1.82) is 0 Å². The van der Waals surface area contributed by atoms with Crippen LogP contribution in [0.3, 0.4) is 0 Å². The molecule has 2 aromatic carbocycles. The van der Waals surface area contributed by atoms with Crippen molar-refractivity contribution in [2.24, 2.45) is 5.92 Å². The molecule has 1 aliphatic heterocycles. The van der Waals surface area contributed by atoms with E-state index < -0.39 is 0 Å². The molecule has 1 heterocycles. The number of halogens is 1. The maximum absolute atomic E-state index is 12.3. The molecule has 0 unspecified atom stereocenters. The van der Waals surface area contributed by atoms with Gasteiger partial charge in [-0.05, 0) is 55.0 Å². The molecule has 1 N–H and O–H groups in total. The van der Waals surface area contributed by atoms with Gasteiger partial charge in [-0.25, -0.2) is 0 Å². The first-order chi connectivity index (χ1) is 13.5. The van der Waals surface area contributed by atoms with Gasteiger partial charge in [0.1, 0.15) is 0 Å². The van der Waals surface area contributed by atoms with Crippen molar-refractivity contribution in [3.05, 3.63) is 64.7 Å². The van der Waals surface area contributed by atoms with Crippen molar-refractivity contribution in [2.75, 3.05) is 23.7 Å². The lowest BCUT2D eigenvalue weighted by molar-refractivity contribution is -0.119. The van der Waals surface area contributed by atoms with Crippen LogP contribution >= 0.6 is 23.4 Å².